The summed E-state index contributed by atoms with van der Waals surface area (Å²) in [6.45, 7) is 4.15. The predicted octanol–water partition coefficient (Wildman–Crippen LogP) is 3.72. The van der Waals surface area contributed by atoms with Crippen LogP contribution in [0.5, 0.6) is 0 Å². The van der Waals surface area contributed by atoms with Crippen LogP contribution in [0.3, 0.4) is 0 Å². The predicted molar refractivity (Wildman–Crippen MR) is 85.2 cm³/mol. The van der Waals surface area contributed by atoms with Crippen LogP contribution in [-0.4, -0.2) is 19.8 Å². The minimum absolute atomic E-state index is 0.0514. The molecule has 4 nitrogen and oxygen atoms in total. The third kappa shape index (κ3) is 2.64. The number of nitrogens with zero attached hydrogens (tertiary/aromatic N) is 4. The van der Waals surface area contributed by atoms with E-state index in [1.165, 1.54) is 5.56 Å². The molecule has 0 amide bonds. The molecule has 21 heavy (non-hydrogen) atoms. The molecule has 0 N–H and O–H groups in total. The first-order valence-corrected chi connectivity index (χ1v) is 7.24. The topological polar surface area (TPSA) is 35.6 Å². The number of aryl methyl sites for hydroxylation is 1. The molecule has 1 heterocycles. The highest BCUT2D eigenvalue weighted by Gasteiger charge is 2.13. The first-order valence-electron chi connectivity index (χ1n) is 6.83. The summed E-state index contributed by atoms with van der Waals surface area (Å²) < 4.78 is 4.04. The Kier molecular flexibility index (Phi) is 3.66. The van der Waals surface area contributed by atoms with Gasteiger partial charge in [0, 0.05) is 0 Å². The van der Waals surface area contributed by atoms with Gasteiger partial charge >= 0.3 is 0 Å². The van der Waals surface area contributed by atoms with Gasteiger partial charge in [-0.2, -0.15) is 4.68 Å². The molecule has 0 spiro atoms. The fourth-order valence-electron chi connectivity index (χ4n) is 2.22. The Balaban J connectivity index is 1.99. The number of hydrogen-bond donors (Lipinski definition) is 0. The molecule has 0 fully saturated rings. The molecule has 0 bridgehead atoms. The normalized spacial score (nSPS) is 12.3. The van der Waals surface area contributed by atoms with Crippen molar-refractivity contribution in [3.8, 4) is 5.69 Å². The Bertz CT molecular complexity index is 787. The largest absolute Gasteiger partial charge is 0.221 e. The number of benzene rings is 2. The molecule has 0 aliphatic carbocycles. The van der Waals surface area contributed by atoms with Gasteiger partial charge in [0.15, 0.2) is 0 Å². The number of tetrazole rings is 1. The van der Waals surface area contributed by atoms with Crippen molar-refractivity contribution in [2.75, 3.05) is 0 Å². The second kappa shape index (κ2) is 5.61. The van der Waals surface area contributed by atoms with Crippen LogP contribution in [0.1, 0.15) is 24.1 Å². The maximum absolute atomic E-state index is 5.51. The van der Waals surface area contributed by atoms with Gasteiger partial charge in [0.2, 0.25) is 4.77 Å². The Hall–Kier alpha value is -2.27. The van der Waals surface area contributed by atoms with Crippen LogP contribution in [0.25, 0.3) is 5.69 Å². The molecular weight excluding hydrogens is 280 g/mol. The Morgan fingerprint density at radius 1 is 0.952 bits per heavy atom. The first kappa shape index (κ1) is 13.7. The average molecular weight is 296 g/mol. The molecule has 1 unspecified atom stereocenters. The third-order valence-electron chi connectivity index (χ3n) is 3.53. The summed E-state index contributed by atoms with van der Waals surface area (Å²) >= 11 is 5.51. The van der Waals surface area contributed by atoms with Gasteiger partial charge in [0.25, 0.3) is 0 Å². The van der Waals surface area contributed by atoms with Crippen molar-refractivity contribution >= 4 is 12.2 Å². The SMILES string of the molecule is Cc1ccc(C(C)n2nnn(-c3ccccc3)c2=S)cc1. The van der Waals surface area contributed by atoms with Crippen molar-refractivity contribution in [3.63, 3.8) is 0 Å². The minimum atomic E-state index is 0.0514. The van der Waals surface area contributed by atoms with Crippen LogP contribution in [0.15, 0.2) is 54.6 Å². The summed E-state index contributed by atoms with van der Waals surface area (Å²) in [6, 6.07) is 18.2. The van der Waals surface area contributed by atoms with E-state index in [2.05, 4.69) is 48.5 Å². The summed E-state index contributed by atoms with van der Waals surface area (Å²) in [4.78, 5) is 0. The van der Waals surface area contributed by atoms with Crippen molar-refractivity contribution in [2.45, 2.75) is 19.9 Å². The minimum Gasteiger partial charge on any atom is -0.211 e. The smallest absolute Gasteiger partial charge is 0.211 e. The van der Waals surface area contributed by atoms with E-state index in [-0.39, 0.29) is 6.04 Å². The van der Waals surface area contributed by atoms with E-state index in [1.807, 2.05) is 30.3 Å². The number of rotatable bonds is 3. The average Bonchev–Trinajstić information content (AvgIpc) is 2.90. The Morgan fingerprint density at radius 3 is 2.29 bits per heavy atom. The lowest BCUT2D eigenvalue weighted by molar-refractivity contribution is 0.537. The fourth-order valence-corrected chi connectivity index (χ4v) is 2.55. The molecule has 0 aliphatic rings. The van der Waals surface area contributed by atoms with Crippen LogP contribution in [0, 0.1) is 11.7 Å². The molecule has 0 radical (unpaired) electrons. The van der Waals surface area contributed by atoms with Crippen LogP contribution < -0.4 is 0 Å². The maximum atomic E-state index is 5.51. The molecule has 0 aliphatic heterocycles. The summed E-state index contributed by atoms with van der Waals surface area (Å²) in [5.41, 5.74) is 3.32. The number of hydrogen-bond acceptors (Lipinski definition) is 3. The fraction of sp³-hybridized carbons (Fsp3) is 0.188. The zero-order valence-electron chi connectivity index (χ0n) is 12.0. The molecule has 5 heteroatoms. The monoisotopic (exact) mass is 296 g/mol. The first-order chi connectivity index (χ1) is 10.2. The molecule has 0 saturated carbocycles. The number of para-hydroxylation sites is 1. The van der Waals surface area contributed by atoms with Crippen LogP contribution in [0.2, 0.25) is 0 Å². The van der Waals surface area contributed by atoms with E-state index < -0.39 is 0 Å². The van der Waals surface area contributed by atoms with Gasteiger partial charge in [-0.3, -0.25) is 0 Å². The van der Waals surface area contributed by atoms with Gasteiger partial charge < -0.3 is 0 Å². The second-order valence-corrected chi connectivity index (χ2v) is 5.41. The van der Waals surface area contributed by atoms with Crippen molar-refractivity contribution in [2.24, 2.45) is 0 Å². The van der Waals surface area contributed by atoms with Crippen LogP contribution in [0.4, 0.5) is 0 Å². The van der Waals surface area contributed by atoms with E-state index in [9.17, 15) is 0 Å². The maximum Gasteiger partial charge on any atom is 0.221 e. The third-order valence-corrected chi connectivity index (χ3v) is 3.89. The lowest BCUT2D eigenvalue weighted by Crippen LogP contribution is -2.09. The second-order valence-electron chi connectivity index (χ2n) is 5.04. The molecule has 0 saturated heterocycles. The summed E-state index contributed by atoms with van der Waals surface area (Å²) in [5, 5.41) is 8.39. The quantitative estimate of drug-likeness (QED) is 0.691. The highest BCUT2D eigenvalue weighted by atomic mass is 32.1. The zero-order valence-corrected chi connectivity index (χ0v) is 12.8. The van der Waals surface area contributed by atoms with Crippen LogP contribution in [-0.2, 0) is 0 Å². The molecule has 3 aromatic rings. The molecular formula is C16H16N4S. The zero-order chi connectivity index (χ0) is 14.8. The molecule has 1 aromatic heterocycles. The van der Waals surface area contributed by atoms with Crippen LogP contribution >= 0.6 is 12.2 Å². The molecule has 2 aromatic carbocycles. The van der Waals surface area contributed by atoms with E-state index in [4.69, 9.17) is 12.2 Å². The van der Waals surface area contributed by atoms with Gasteiger partial charge in [-0.25, -0.2) is 4.68 Å². The van der Waals surface area contributed by atoms with Gasteiger partial charge in [-0.05, 0) is 54.2 Å². The molecule has 3 rings (SSSR count). The summed E-state index contributed by atoms with van der Waals surface area (Å²) in [7, 11) is 0. The number of aromatic nitrogens is 4. The molecule has 106 valence electrons. The van der Waals surface area contributed by atoms with Crippen molar-refractivity contribution in [1.82, 2.24) is 19.8 Å². The van der Waals surface area contributed by atoms with E-state index in [0.717, 1.165) is 11.3 Å². The van der Waals surface area contributed by atoms with E-state index >= 15 is 0 Å². The van der Waals surface area contributed by atoms with Gasteiger partial charge in [0.1, 0.15) is 0 Å². The standard InChI is InChI=1S/C16H16N4S/c1-12-8-10-14(11-9-12)13(2)19-16(21)20(18-17-19)15-6-4-3-5-7-15/h3-11,13H,1-2H3. The highest BCUT2D eigenvalue weighted by Crippen LogP contribution is 2.18. The summed E-state index contributed by atoms with van der Waals surface area (Å²) in [6.07, 6.45) is 0. The lowest BCUT2D eigenvalue weighted by atomic mass is 10.1. The lowest BCUT2D eigenvalue weighted by Gasteiger charge is -2.11. The summed E-state index contributed by atoms with van der Waals surface area (Å²) in [5.74, 6) is 0. The van der Waals surface area contributed by atoms with Gasteiger partial charge in [-0.15, -0.1) is 0 Å². The Labute approximate surface area is 128 Å². The highest BCUT2D eigenvalue weighted by molar-refractivity contribution is 7.71. The van der Waals surface area contributed by atoms with Crippen molar-refractivity contribution in [3.05, 3.63) is 70.5 Å². The van der Waals surface area contributed by atoms with Crippen molar-refractivity contribution in [1.29, 1.82) is 0 Å². The molecule has 1 atom stereocenters. The van der Waals surface area contributed by atoms with Gasteiger partial charge in [0.05, 0.1) is 11.7 Å². The van der Waals surface area contributed by atoms with E-state index in [0.29, 0.717) is 4.77 Å². The Morgan fingerprint density at radius 2 is 1.62 bits per heavy atom. The van der Waals surface area contributed by atoms with E-state index in [1.54, 1.807) is 9.36 Å². The van der Waals surface area contributed by atoms with Gasteiger partial charge in [-0.1, -0.05) is 48.0 Å². The van der Waals surface area contributed by atoms with Crippen molar-refractivity contribution < 1.29 is 0 Å².